The highest BCUT2D eigenvalue weighted by molar-refractivity contribution is 9.10. The Bertz CT molecular complexity index is 491. The van der Waals surface area contributed by atoms with Crippen molar-refractivity contribution >= 4 is 31.8 Å². The quantitative estimate of drug-likeness (QED) is 0.851. The van der Waals surface area contributed by atoms with Crippen LogP contribution in [0.25, 0.3) is 0 Å². The van der Waals surface area contributed by atoms with Crippen LogP contribution in [0.5, 0.6) is 0 Å². The second-order valence-electron chi connectivity index (χ2n) is 2.60. The number of primary sulfonamides is 1. The van der Waals surface area contributed by atoms with Gasteiger partial charge in [-0.15, -0.1) is 0 Å². The van der Waals surface area contributed by atoms with E-state index in [1.807, 2.05) is 0 Å². The average Bonchev–Trinajstić information content (AvgIpc) is 2.06. The highest BCUT2D eigenvalue weighted by Gasteiger charge is 2.20. The van der Waals surface area contributed by atoms with Crippen LogP contribution in [0.2, 0.25) is 0 Å². The Hall–Kier alpha value is -0.800. The van der Waals surface area contributed by atoms with Crippen LogP contribution in [0, 0.1) is 0 Å². The van der Waals surface area contributed by atoms with Gasteiger partial charge in [0.15, 0.2) is 5.03 Å². The van der Waals surface area contributed by atoms with Crippen LogP contribution in [0.1, 0.15) is 12.0 Å². The summed E-state index contributed by atoms with van der Waals surface area (Å²) in [4.78, 5) is 3.30. The number of aromatic nitrogens is 1. The molecule has 0 amide bonds. The fraction of sp³-hybridized carbons (Fsp3) is 0.167. The predicted octanol–water partition coefficient (Wildman–Crippen LogP) is 1.01. The summed E-state index contributed by atoms with van der Waals surface area (Å²) in [6.45, 7) is 0. The molecule has 0 aliphatic carbocycles. The molecule has 1 aromatic rings. The summed E-state index contributed by atoms with van der Waals surface area (Å²) in [5.41, 5.74) is 4.61. The zero-order valence-electron chi connectivity index (χ0n) is 7.12. The summed E-state index contributed by atoms with van der Waals surface area (Å²) in [5.74, 6) is -0.558. The van der Waals surface area contributed by atoms with Gasteiger partial charge in [0.25, 0.3) is 16.4 Å². The highest BCUT2D eigenvalue weighted by atomic mass is 79.9. The minimum atomic E-state index is -4.08. The fourth-order valence-corrected chi connectivity index (χ4v) is 2.44. The Balaban J connectivity index is 3.46. The van der Waals surface area contributed by atoms with E-state index in [2.05, 4.69) is 20.9 Å². The fourth-order valence-electron chi connectivity index (χ4n) is 0.874. The summed E-state index contributed by atoms with van der Waals surface area (Å²) < 4.78 is 46.3. The van der Waals surface area contributed by atoms with Crippen molar-refractivity contribution in [2.45, 2.75) is 11.5 Å². The molecule has 15 heavy (non-hydrogen) atoms. The molecular formula is C6H6BrF2N3O2S. The zero-order valence-corrected chi connectivity index (χ0v) is 9.52. The van der Waals surface area contributed by atoms with Gasteiger partial charge in [-0.25, -0.2) is 27.3 Å². The molecule has 84 valence electrons. The van der Waals surface area contributed by atoms with E-state index in [1.165, 1.54) is 0 Å². The number of nitrogens with zero attached hydrogens (tertiary/aromatic N) is 1. The van der Waals surface area contributed by atoms with Gasteiger partial charge >= 0.3 is 0 Å². The molecule has 9 heteroatoms. The van der Waals surface area contributed by atoms with Gasteiger partial charge in [-0.1, -0.05) is 0 Å². The zero-order chi connectivity index (χ0) is 11.8. The van der Waals surface area contributed by atoms with Gasteiger partial charge < -0.3 is 5.73 Å². The Labute approximate surface area is 92.7 Å². The van der Waals surface area contributed by atoms with Gasteiger partial charge in [-0.2, -0.15) is 0 Å². The number of pyridine rings is 1. The second kappa shape index (κ2) is 3.99. The van der Waals surface area contributed by atoms with Crippen molar-refractivity contribution < 1.29 is 17.2 Å². The molecule has 0 fully saturated rings. The first-order chi connectivity index (χ1) is 6.73. The van der Waals surface area contributed by atoms with Crippen molar-refractivity contribution in [3.8, 4) is 0 Å². The Kier molecular flexibility index (Phi) is 3.26. The first kappa shape index (κ1) is 12.3. The lowest BCUT2D eigenvalue weighted by Gasteiger charge is -2.07. The first-order valence-electron chi connectivity index (χ1n) is 3.50. The molecule has 1 rings (SSSR count). The van der Waals surface area contributed by atoms with Gasteiger partial charge in [-0.05, 0) is 22.0 Å². The smallest absolute Gasteiger partial charge is 0.267 e. The van der Waals surface area contributed by atoms with Crippen molar-refractivity contribution in [2.24, 2.45) is 5.14 Å². The molecular weight excluding hydrogens is 296 g/mol. The number of alkyl halides is 2. The monoisotopic (exact) mass is 301 g/mol. The molecule has 1 heterocycles. The maximum absolute atomic E-state index is 12.3. The third-order valence-electron chi connectivity index (χ3n) is 1.51. The molecule has 0 aliphatic rings. The molecule has 5 nitrogen and oxygen atoms in total. The number of hydrogen-bond donors (Lipinski definition) is 2. The van der Waals surface area contributed by atoms with E-state index in [0.29, 0.717) is 0 Å². The third kappa shape index (κ3) is 2.61. The minimum Gasteiger partial charge on any atom is -0.383 e. The number of sulfonamides is 1. The van der Waals surface area contributed by atoms with Gasteiger partial charge in [0.2, 0.25) is 0 Å². The van der Waals surface area contributed by atoms with E-state index in [4.69, 9.17) is 10.9 Å². The standard InChI is InChI=1S/C6H6BrF2N3O2S/c7-3-1-2(4(8)9)5(10)12-6(3)15(11,13)14/h1,4H,(H2,10,12)(H2,11,13,14). The lowest BCUT2D eigenvalue weighted by Crippen LogP contribution is -2.16. The Morgan fingerprint density at radius 1 is 1.47 bits per heavy atom. The van der Waals surface area contributed by atoms with E-state index < -0.39 is 32.9 Å². The first-order valence-corrected chi connectivity index (χ1v) is 5.84. The van der Waals surface area contributed by atoms with Gasteiger partial charge in [0.1, 0.15) is 5.82 Å². The van der Waals surface area contributed by atoms with Crippen LogP contribution in [0.15, 0.2) is 15.6 Å². The van der Waals surface area contributed by atoms with Crippen LogP contribution in [0.4, 0.5) is 14.6 Å². The van der Waals surface area contributed by atoms with E-state index in [9.17, 15) is 17.2 Å². The molecule has 0 spiro atoms. The summed E-state index contributed by atoms with van der Waals surface area (Å²) in [6.07, 6.45) is -2.83. The highest BCUT2D eigenvalue weighted by Crippen LogP contribution is 2.29. The molecule has 4 N–H and O–H groups in total. The topological polar surface area (TPSA) is 99.1 Å². The molecule has 0 radical (unpaired) electrons. The summed E-state index contributed by atoms with van der Waals surface area (Å²) in [6, 6.07) is 0.882. The molecule has 0 saturated carbocycles. The summed E-state index contributed by atoms with van der Waals surface area (Å²) in [7, 11) is -4.08. The van der Waals surface area contributed by atoms with Crippen molar-refractivity contribution in [1.29, 1.82) is 0 Å². The largest absolute Gasteiger partial charge is 0.383 e. The number of nitrogen functional groups attached to an aromatic ring is 1. The number of anilines is 1. The van der Waals surface area contributed by atoms with E-state index in [-0.39, 0.29) is 4.47 Å². The Morgan fingerprint density at radius 2 is 2.00 bits per heavy atom. The van der Waals surface area contributed by atoms with Crippen molar-refractivity contribution in [3.05, 3.63) is 16.1 Å². The lowest BCUT2D eigenvalue weighted by atomic mass is 10.3. The van der Waals surface area contributed by atoms with Crippen LogP contribution >= 0.6 is 15.9 Å². The van der Waals surface area contributed by atoms with Crippen LogP contribution in [0.3, 0.4) is 0 Å². The number of halogens is 3. The molecule has 1 aromatic heterocycles. The second-order valence-corrected chi connectivity index (χ2v) is 4.93. The van der Waals surface area contributed by atoms with E-state index in [0.717, 1.165) is 6.07 Å². The van der Waals surface area contributed by atoms with Crippen molar-refractivity contribution in [2.75, 3.05) is 5.73 Å². The summed E-state index contributed by atoms with van der Waals surface area (Å²) >= 11 is 2.77. The molecule has 0 atom stereocenters. The van der Waals surface area contributed by atoms with Gasteiger partial charge in [0.05, 0.1) is 10.0 Å². The molecule has 0 aliphatic heterocycles. The number of rotatable bonds is 2. The minimum absolute atomic E-state index is 0.144. The van der Waals surface area contributed by atoms with Gasteiger partial charge in [-0.3, -0.25) is 0 Å². The Morgan fingerprint density at radius 3 is 2.40 bits per heavy atom. The molecule has 0 bridgehead atoms. The lowest BCUT2D eigenvalue weighted by molar-refractivity contribution is 0.151. The van der Waals surface area contributed by atoms with E-state index in [1.54, 1.807) is 0 Å². The van der Waals surface area contributed by atoms with Crippen LogP contribution in [-0.2, 0) is 10.0 Å². The SMILES string of the molecule is Nc1nc(S(N)(=O)=O)c(Br)cc1C(F)F. The van der Waals surface area contributed by atoms with Crippen molar-refractivity contribution in [3.63, 3.8) is 0 Å². The third-order valence-corrected chi connectivity index (χ3v) is 3.23. The summed E-state index contributed by atoms with van der Waals surface area (Å²) in [5, 5.41) is 4.22. The van der Waals surface area contributed by atoms with Crippen LogP contribution < -0.4 is 10.9 Å². The number of hydrogen-bond acceptors (Lipinski definition) is 4. The molecule has 0 aromatic carbocycles. The number of nitrogens with two attached hydrogens (primary N) is 2. The normalized spacial score (nSPS) is 12.1. The molecule has 0 unspecified atom stereocenters. The average molecular weight is 302 g/mol. The maximum Gasteiger partial charge on any atom is 0.267 e. The van der Waals surface area contributed by atoms with E-state index >= 15 is 0 Å². The maximum atomic E-state index is 12.3. The van der Waals surface area contributed by atoms with Gasteiger partial charge in [0, 0.05) is 0 Å². The van der Waals surface area contributed by atoms with Crippen molar-refractivity contribution in [1.82, 2.24) is 4.98 Å². The van der Waals surface area contributed by atoms with Crippen LogP contribution in [-0.4, -0.2) is 13.4 Å². The predicted molar refractivity (Wildman–Crippen MR) is 52.7 cm³/mol. The molecule has 0 saturated heterocycles.